The molecule has 0 aromatic rings. The van der Waals surface area contributed by atoms with Crippen LogP contribution in [-0.4, -0.2) is 15.9 Å². The molecule has 0 aromatic heterocycles. The Hall–Kier alpha value is 1.05. The Labute approximate surface area is 80.9 Å². The van der Waals surface area contributed by atoms with E-state index in [2.05, 4.69) is 0 Å². The summed E-state index contributed by atoms with van der Waals surface area (Å²) >= 11 is 10.1. The van der Waals surface area contributed by atoms with Crippen LogP contribution in [0.5, 0.6) is 0 Å². The third kappa shape index (κ3) is 10.1. The molecule has 0 atom stereocenters. The number of hydrogen-bond acceptors (Lipinski definition) is 1. The molecule has 0 fully saturated rings. The predicted octanol–water partition coefficient (Wildman–Crippen LogP) is -1.62. The van der Waals surface area contributed by atoms with Crippen LogP contribution in [0.2, 0.25) is 0 Å². The van der Waals surface area contributed by atoms with E-state index in [-0.39, 0.29) is 37.4 Å². The maximum absolute atomic E-state index is 9.64. The van der Waals surface area contributed by atoms with Crippen LogP contribution in [0.3, 0.4) is 0 Å². The molecule has 0 aromatic carbocycles. The molecule has 0 unspecified atom stereocenters. The van der Waals surface area contributed by atoms with Crippen molar-refractivity contribution in [1.29, 1.82) is 0 Å². The van der Waals surface area contributed by atoms with Crippen LogP contribution >= 0.6 is 23.2 Å². The second kappa shape index (κ2) is 6.17. The number of aliphatic carboxylic acids is 1. The van der Waals surface area contributed by atoms with Crippen LogP contribution in [0.1, 0.15) is 7.85 Å². The fourth-order valence-corrected chi connectivity index (χ4v) is 0.396. The first kappa shape index (κ1) is 11.8. The maximum atomic E-state index is 9.64. The van der Waals surface area contributed by atoms with Crippen molar-refractivity contribution < 1.29 is 40.9 Å². The summed E-state index contributed by atoms with van der Waals surface area (Å²) in [5.74, 6) is -0.977. The molecule has 0 aliphatic carbocycles. The van der Waals surface area contributed by atoms with Crippen molar-refractivity contribution >= 4 is 29.2 Å². The van der Waals surface area contributed by atoms with Gasteiger partial charge in [-0.25, -0.2) is 0 Å². The average Bonchev–Trinajstić information content (AvgIpc) is 1.27. The number of rotatable bonds is 2. The largest absolute Gasteiger partial charge is 1.00 e. The van der Waals surface area contributed by atoms with E-state index in [0.29, 0.717) is 0 Å². The number of hydrogen-bond donors (Lipinski definition) is 1. The Morgan fingerprint density at radius 3 is 2.12 bits per heavy atom. The molecule has 0 bridgehead atoms. The van der Waals surface area contributed by atoms with Crippen molar-refractivity contribution in [3.63, 3.8) is 0 Å². The van der Waals surface area contributed by atoms with Crippen LogP contribution in [0, 0.1) is 0 Å². The molecule has 1 N–H and O–H groups in total. The summed E-state index contributed by atoms with van der Waals surface area (Å²) < 4.78 is 0. The molecular weight excluding hydrogens is 162 g/mol. The smallest absolute Gasteiger partial charge is 1.00 e. The molecule has 0 heterocycles. The first-order valence-electron chi connectivity index (χ1n) is 1.63. The summed E-state index contributed by atoms with van der Waals surface area (Å²) in [6.45, 7) is 0. The molecular formula is C3H5Cl2NaO2. The van der Waals surface area contributed by atoms with E-state index in [0.717, 1.165) is 0 Å². The van der Waals surface area contributed by atoms with Gasteiger partial charge in [0.15, 0.2) is 0 Å². The van der Waals surface area contributed by atoms with Crippen molar-refractivity contribution in [2.75, 3.05) is 0 Å². The van der Waals surface area contributed by atoms with Crippen molar-refractivity contribution in [3.8, 4) is 0 Å². The van der Waals surface area contributed by atoms with Gasteiger partial charge in [0, 0.05) is 0 Å². The first-order valence-corrected chi connectivity index (χ1v) is 2.50. The molecule has 8 heavy (non-hydrogen) atoms. The quantitative estimate of drug-likeness (QED) is 0.396. The minimum Gasteiger partial charge on any atom is -1.00 e. The predicted molar refractivity (Wildman–Crippen MR) is 28.9 cm³/mol. The van der Waals surface area contributed by atoms with E-state index in [1.165, 1.54) is 0 Å². The van der Waals surface area contributed by atoms with Crippen LogP contribution in [0.15, 0.2) is 0 Å². The van der Waals surface area contributed by atoms with Crippen molar-refractivity contribution in [2.24, 2.45) is 0 Å². The van der Waals surface area contributed by atoms with Gasteiger partial charge >= 0.3 is 35.5 Å². The van der Waals surface area contributed by atoms with E-state index in [1.54, 1.807) is 0 Å². The van der Waals surface area contributed by atoms with Gasteiger partial charge in [0.2, 0.25) is 0 Å². The molecule has 0 aliphatic rings. The van der Waals surface area contributed by atoms with E-state index in [4.69, 9.17) is 28.3 Å². The maximum Gasteiger partial charge on any atom is 1.00 e. The standard InChI is InChI=1S/C3H4Cl2O2.Na.H/c4-2(5)1-3(6)7;;/h2H,1H2,(H,6,7);;/q;+1;-1. The Bertz CT molecular complexity index is 80.2. The average molecular weight is 167 g/mol. The van der Waals surface area contributed by atoms with Gasteiger partial charge in [-0.2, -0.15) is 0 Å². The van der Waals surface area contributed by atoms with Gasteiger partial charge in [-0.05, 0) is 0 Å². The minimum atomic E-state index is -0.977. The Balaban J connectivity index is -0.000000180. The van der Waals surface area contributed by atoms with Crippen LogP contribution in [0.4, 0.5) is 0 Å². The van der Waals surface area contributed by atoms with E-state index in [9.17, 15) is 4.79 Å². The number of carbonyl (C=O) groups is 1. The third-order valence-corrected chi connectivity index (χ3v) is 0.638. The van der Waals surface area contributed by atoms with Crippen LogP contribution in [0.25, 0.3) is 0 Å². The number of carboxylic acids is 1. The summed E-state index contributed by atoms with van der Waals surface area (Å²) in [7, 11) is 0. The summed E-state index contributed by atoms with van der Waals surface area (Å²) in [5.41, 5.74) is 0. The number of alkyl halides is 2. The molecule has 0 saturated carbocycles. The molecule has 0 spiro atoms. The second-order valence-electron chi connectivity index (χ2n) is 0.989. The van der Waals surface area contributed by atoms with E-state index < -0.39 is 10.8 Å². The summed E-state index contributed by atoms with van der Waals surface area (Å²) in [4.78, 5) is 8.86. The summed E-state index contributed by atoms with van der Waals surface area (Å²) in [6.07, 6.45) is -0.191. The van der Waals surface area contributed by atoms with Crippen molar-refractivity contribution in [1.82, 2.24) is 0 Å². The van der Waals surface area contributed by atoms with Crippen LogP contribution < -0.4 is 29.6 Å². The first-order chi connectivity index (χ1) is 3.13. The van der Waals surface area contributed by atoms with Gasteiger partial charge in [0.25, 0.3) is 0 Å². The fourth-order valence-electron chi connectivity index (χ4n) is 0.132. The van der Waals surface area contributed by atoms with Gasteiger partial charge < -0.3 is 6.53 Å². The van der Waals surface area contributed by atoms with Gasteiger partial charge in [0.05, 0.1) is 6.42 Å². The summed E-state index contributed by atoms with van der Waals surface area (Å²) in [5, 5.41) is 7.92. The molecule has 44 valence electrons. The molecule has 0 amide bonds. The van der Waals surface area contributed by atoms with Gasteiger partial charge in [-0.1, -0.05) is 0 Å². The molecule has 2 nitrogen and oxygen atoms in total. The number of halogens is 2. The third-order valence-electron chi connectivity index (χ3n) is 0.329. The second-order valence-corrected chi connectivity index (χ2v) is 2.27. The zero-order valence-electron chi connectivity index (χ0n) is 5.40. The molecule has 0 aliphatic heterocycles. The molecule has 0 radical (unpaired) electrons. The minimum absolute atomic E-state index is 0. The summed E-state index contributed by atoms with van der Waals surface area (Å²) in [6, 6.07) is 0. The van der Waals surface area contributed by atoms with Gasteiger partial charge in [0.1, 0.15) is 4.84 Å². The van der Waals surface area contributed by atoms with E-state index in [1.807, 2.05) is 0 Å². The van der Waals surface area contributed by atoms with Gasteiger partial charge in [-0.3, -0.25) is 4.79 Å². The Morgan fingerprint density at radius 2 is 2.12 bits per heavy atom. The van der Waals surface area contributed by atoms with Crippen molar-refractivity contribution in [2.45, 2.75) is 11.3 Å². The molecule has 0 rings (SSSR count). The fraction of sp³-hybridized carbons (Fsp3) is 0.667. The van der Waals surface area contributed by atoms with Gasteiger partial charge in [-0.15, -0.1) is 23.2 Å². The monoisotopic (exact) mass is 166 g/mol. The topological polar surface area (TPSA) is 37.3 Å². The van der Waals surface area contributed by atoms with Crippen molar-refractivity contribution in [3.05, 3.63) is 0 Å². The molecule has 0 saturated heterocycles. The molecule has 5 heteroatoms. The Kier molecular flexibility index (Phi) is 9.11. The zero-order valence-corrected chi connectivity index (χ0v) is 7.91. The Morgan fingerprint density at radius 1 is 1.75 bits per heavy atom. The SMILES string of the molecule is O=C(O)CC(Cl)Cl.[H-].[Na+]. The normalized spacial score (nSPS) is 8.38. The van der Waals surface area contributed by atoms with E-state index >= 15 is 0 Å². The zero-order chi connectivity index (χ0) is 5.86. The number of carboxylic acid groups (broad SMARTS) is 1. The van der Waals surface area contributed by atoms with Crippen LogP contribution in [-0.2, 0) is 4.79 Å².